The Morgan fingerprint density at radius 1 is 1.31 bits per heavy atom. The van der Waals surface area contributed by atoms with Crippen molar-refractivity contribution in [3.8, 4) is 0 Å². The maximum atomic E-state index is 13.2. The van der Waals surface area contributed by atoms with E-state index < -0.39 is 11.7 Å². The van der Waals surface area contributed by atoms with Crippen LogP contribution in [-0.2, 0) is 5.92 Å². The molecule has 13 heavy (non-hydrogen) atoms. The standard InChI is InChI=1S/C10H11F3/c1-3-10(12,13)8-5-4-6-9(11)7(8)2/h4-6H,3H2,1-2H3. The summed E-state index contributed by atoms with van der Waals surface area (Å²) in [5.41, 5.74) is -0.177. The lowest BCUT2D eigenvalue weighted by Crippen LogP contribution is -2.13. The van der Waals surface area contributed by atoms with Crippen LogP contribution < -0.4 is 0 Å². The van der Waals surface area contributed by atoms with Gasteiger partial charge in [-0.3, -0.25) is 0 Å². The Morgan fingerprint density at radius 3 is 2.46 bits per heavy atom. The third kappa shape index (κ3) is 1.85. The minimum Gasteiger partial charge on any atom is -0.207 e. The number of benzene rings is 1. The normalized spacial score (nSPS) is 11.8. The van der Waals surface area contributed by atoms with Gasteiger partial charge in [0.2, 0.25) is 0 Å². The number of hydrogen-bond donors (Lipinski definition) is 0. The highest BCUT2D eigenvalue weighted by molar-refractivity contribution is 5.30. The van der Waals surface area contributed by atoms with Gasteiger partial charge in [-0.25, -0.2) is 13.2 Å². The van der Waals surface area contributed by atoms with Gasteiger partial charge < -0.3 is 0 Å². The van der Waals surface area contributed by atoms with Gasteiger partial charge in [0, 0.05) is 12.0 Å². The zero-order valence-electron chi connectivity index (χ0n) is 7.57. The van der Waals surface area contributed by atoms with Crippen LogP contribution in [0.2, 0.25) is 0 Å². The van der Waals surface area contributed by atoms with E-state index in [0.29, 0.717) is 0 Å². The molecule has 0 aliphatic rings. The van der Waals surface area contributed by atoms with Crippen LogP contribution in [0.1, 0.15) is 24.5 Å². The molecule has 0 N–H and O–H groups in total. The predicted molar refractivity (Wildman–Crippen MR) is 45.3 cm³/mol. The lowest BCUT2D eigenvalue weighted by Gasteiger charge is -2.16. The molecule has 0 spiro atoms. The summed E-state index contributed by atoms with van der Waals surface area (Å²) >= 11 is 0. The molecule has 0 radical (unpaired) electrons. The molecule has 0 amide bonds. The fourth-order valence-corrected chi connectivity index (χ4v) is 1.19. The van der Waals surface area contributed by atoms with Crippen molar-refractivity contribution in [2.24, 2.45) is 0 Å². The monoisotopic (exact) mass is 188 g/mol. The zero-order chi connectivity index (χ0) is 10.1. The Balaban J connectivity index is 3.22. The van der Waals surface area contributed by atoms with Gasteiger partial charge in [-0.05, 0) is 18.6 Å². The van der Waals surface area contributed by atoms with Crippen molar-refractivity contribution in [3.63, 3.8) is 0 Å². The summed E-state index contributed by atoms with van der Waals surface area (Å²) in [6.07, 6.45) is -0.308. The van der Waals surface area contributed by atoms with E-state index in [-0.39, 0.29) is 17.5 Å². The Labute approximate surface area is 75.4 Å². The van der Waals surface area contributed by atoms with Crippen LogP contribution in [0.25, 0.3) is 0 Å². The first-order chi connectivity index (χ1) is 5.99. The van der Waals surface area contributed by atoms with Gasteiger partial charge in [0.1, 0.15) is 5.82 Å². The molecule has 3 heteroatoms. The van der Waals surface area contributed by atoms with Gasteiger partial charge >= 0.3 is 0 Å². The molecule has 0 bridgehead atoms. The molecule has 0 fully saturated rings. The highest BCUT2D eigenvalue weighted by Crippen LogP contribution is 2.33. The van der Waals surface area contributed by atoms with Crippen molar-refractivity contribution in [1.82, 2.24) is 0 Å². The zero-order valence-corrected chi connectivity index (χ0v) is 7.57. The number of hydrogen-bond acceptors (Lipinski definition) is 0. The summed E-state index contributed by atoms with van der Waals surface area (Å²) in [4.78, 5) is 0. The third-order valence-corrected chi connectivity index (χ3v) is 2.11. The van der Waals surface area contributed by atoms with Crippen molar-refractivity contribution >= 4 is 0 Å². The molecule has 0 aliphatic carbocycles. The van der Waals surface area contributed by atoms with E-state index in [2.05, 4.69) is 0 Å². The highest BCUT2D eigenvalue weighted by atomic mass is 19.3. The molecular formula is C10H11F3. The Kier molecular flexibility index (Phi) is 2.64. The van der Waals surface area contributed by atoms with Crippen molar-refractivity contribution < 1.29 is 13.2 Å². The number of rotatable bonds is 2. The van der Waals surface area contributed by atoms with E-state index in [0.717, 1.165) is 0 Å². The third-order valence-electron chi connectivity index (χ3n) is 2.11. The van der Waals surface area contributed by atoms with Crippen molar-refractivity contribution in [3.05, 3.63) is 35.1 Å². The topological polar surface area (TPSA) is 0 Å². The Bertz CT molecular complexity index is 305. The van der Waals surface area contributed by atoms with E-state index in [1.54, 1.807) is 0 Å². The largest absolute Gasteiger partial charge is 0.273 e. The first-order valence-corrected chi connectivity index (χ1v) is 4.12. The second kappa shape index (κ2) is 3.40. The summed E-state index contributed by atoms with van der Waals surface area (Å²) in [7, 11) is 0. The van der Waals surface area contributed by atoms with Gasteiger partial charge in [0.05, 0.1) is 0 Å². The summed E-state index contributed by atoms with van der Waals surface area (Å²) < 4.78 is 39.2. The van der Waals surface area contributed by atoms with Crippen LogP contribution in [0, 0.1) is 12.7 Å². The highest BCUT2D eigenvalue weighted by Gasteiger charge is 2.31. The second-order valence-electron chi connectivity index (χ2n) is 2.97. The second-order valence-corrected chi connectivity index (χ2v) is 2.97. The quantitative estimate of drug-likeness (QED) is 0.664. The van der Waals surface area contributed by atoms with Crippen LogP contribution in [0.15, 0.2) is 18.2 Å². The molecule has 0 atom stereocenters. The van der Waals surface area contributed by atoms with Gasteiger partial charge in [0.25, 0.3) is 5.92 Å². The Morgan fingerprint density at radius 2 is 1.92 bits per heavy atom. The average molecular weight is 188 g/mol. The van der Waals surface area contributed by atoms with E-state index in [1.807, 2.05) is 0 Å². The van der Waals surface area contributed by atoms with E-state index in [9.17, 15) is 13.2 Å². The molecule has 0 heterocycles. The maximum absolute atomic E-state index is 13.2. The molecule has 0 saturated carbocycles. The van der Waals surface area contributed by atoms with E-state index in [1.165, 1.54) is 32.0 Å². The first-order valence-electron chi connectivity index (χ1n) is 4.12. The minimum absolute atomic E-state index is 0.0364. The molecular weight excluding hydrogens is 177 g/mol. The summed E-state index contributed by atoms with van der Waals surface area (Å²) in [5.74, 6) is -3.50. The van der Waals surface area contributed by atoms with Gasteiger partial charge in [-0.1, -0.05) is 19.1 Å². The lowest BCUT2D eigenvalue weighted by atomic mass is 10.0. The average Bonchev–Trinajstić information content (AvgIpc) is 2.09. The molecule has 0 aliphatic heterocycles. The van der Waals surface area contributed by atoms with E-state index >= 15 is 0 Å². The molecule has 0 saturated heterocycles. The smallest absolute Gasteiger partial charge is 0.207 e. The number of halogens is 3. The molecule has 0 nitrogen and oxygen atoms in total. The molecule has 1 rings (SSSR count). The van der Waals surface area contributed by atoms with Crippen LogP contribution in [0.4, 0.5) is 13.2 Å². The molecule has 0 aromatic heterocycles. The van der Waals surface area contributed by atoms with Gasteiger partial charge in [-0.15, -0.1) is 0 Å². The fraction of sp³-hybridized carbons (Fsp3) is 0.400. The van der Waals surface area contributed by atoms with Crippen molar-refractivity contribution in [1.29, 1.82) is 0 Å². The molecule has 1 aromatic carbocycles. The molecule has 72 valence electrons. The van der Waals surface area contributed by atoms with Gasteiger partial charge in [0.15, 0.2) is 0 Å². The molecule has 0 unspecified atom stereocenters. The first kappa shape index (κ1) is 10.1. The van der Waals surface area contributed by atoms with Crippen LogP contribution in [0.5, 0.6) is 0 Å². The SMILES string of the molecule is CCC(F)(F)c1cccc(F)c1C. The van der Waals surface area contributed by atoms with Crippen LogP contribution in [0.3, 0.4) is 0 Å². The summed E-state index contributed by atoms with van der Waals surface area (Å²) in [5, 5.41) is 0. The Hall–Kier alpha value is -0.990. The number of alkyl halides is 2. The summed E-state index contributed by atoms with van der Waals surface area (Å²) in [6.45, 7) is 2.75. The van der Waals surface area contributed by atoms with Crippen LogP contribution >= 0.6 is 0 Å². The lowest BCUT2D eigenvalue weighted by molar-refractivity contribution is -0.00922. The van der Waals surface area contributed by atoms with Crippen molar-refractivity contribution in [2.75, 3.05) is 0 Å². The summed E-state index contributed by atoms with van der Waals surface area (Å²) in [6, 6.07) is 3.76. The predicted octanol–water partition coefficient (Wildman–Crippen LogP) is 3.64. The molecule has 1 aromatic rings. The maximum Gasteiger partial charge on any atom is 0.273 e. The van der Waals surface area contributed by atoms with E-state index in [4.69, 9.17) is 0 Å². The minimum atomic E-state index is -2.92. The van der Waals surface area contributed by atoms with Crippen molar-refractivity contribution in [2.45, 2.75) is 26.2 Å². The van der Waals surface area contributed by atoms with Gasteiger partial charge in [-0.2, -0.15) is 0 Å². The van der Waals surface area contributed by atoms with Crippen LogP contribution in [-0.4, -0.2) is 0 Å². The fourth-order valence-electron chi connectivity index (χ4n) is 1.19.